The van der Waals surface area contributed by atoms with E-state index in [4.69, 9.17) is 10.8 Å². The Bertz CT molecular complexity index is 413. The van der Waals surface area contributed by atoms with Gasteiger partial charge < -0.3 is 10.8 Å². The van der Waals surface area contributed by atoms with E-state index in [-0.39, 0.29) is 11.3 Å². The molecule has 0 atom stereocenters. The number of anilines is 1. The predicted octanol–water partition coefficient (Wildman–Crippen LogP) is 2.12. The number of aromatic nitrogens is 1. The van der Waals surface area contributed by atoms with Crippen LogP contribution in [-0.4, -0.2) is 16.1 Å². The monoisotopic (exact) mass is 294 g/mol. The van der Waals surface area contributed by atoms with Crippen LogP contribution in [0, 0.1) is 0 Å². The van der Waals surface area contributed by atoms with Crippen LogP contribution in [0.4, 0.5) is 14.5 Å². The average molecular weight is 295 g/mol. The number of pyridine rings is 1. The maximum atomic E-state index is 12.5. The van der Waals surface area contributed by atoms with Crippen LogP contribution in [0.2, 0.25) is 0 Å². The van der Waals surface area contributed by atoms with Crippen molar-refractivity contribution in [3.63, 3.8) is 0 Å². The molecular weight excluding hydrogens is 286 g/mol. The van der Waals surface area contributed by atoms with Crippen molar-refractivity contribution in [2.24, 2.45) is 0 Å². The maximum absolute atomic E-state index is 12.5. The molecule has 0 amide bonds. The number of rotatable bonds is 4. The lowest BCUT2D eigenvalue weighted by molar-refractivity contribution is -0.136. The first-order valence-electron chi connectivity index (χ1n) is 4.29. The second-order valence-electron chi connectivity index (χ2n) is 3.07. The molecule has 0 saturated carbocycles. The third-order valence-corrected chi connectivity index (χ3v) is 2.63. The minimum absolute atomic E-state index is 0.190. The van der Waals surface area contributed by atoms with Crippen LogP contribution in [0.25, 0.3) is 0 Å². The Balaban J connectivity index is 3.28. The minimum Gasteiger partial charge on any atom is -0.481 e. The molecule has 0 fully saturated rings. The molecule has 1 aromatic heterocycles. The highest BCUT2D eigenvalue weighted by molar-refractivity contribution is 9.08. The molecule has 3 N–H and O–H groups in total. The number of nitrogens with two attached hydrogens (primary N) is 1. The summed E-state index contributed by atoms with van der Waals surface area (Å²) in [7, 11) is 0. The maximum Gasteiger partial charge on any atom is 0.307 e. The third-order valence-electron chi connectivity index (χ3n) is 2.03. The highest BCUT2D eigenvalue weighted by Crippen LogP contribution is 2.28. The van der Waals surface area contributed by atoms with Gasteiger partial charge in [0.05, 0.1) is 12.1 Å². The van der Waals surface area contributed by atoms with E-state index in [0.717, 1.165) is 0 Å². The summed E-state index contributed by atoms with van der Waals surface area (Å²) in [5.41, 5.74) is 5.37. The van der Waals surface area contributed by atoms with Crippen molar-refractivity contribution in [1.82, 2.24) is 4.98 Å². The molecule has 7 heteroatoms. The van der Waals surface area contributed by atoms with E-state index < -0.39 is 24.5 Å². The molecule has 4 nitrogen and oxygen atoms in total. The second kappa shape index (κ2) is 5.20. The zero-order chi connectivity index (χ0) is 12.3. The Hall–Kier alpha value is -1.24. The largest absolute Gasteiger partial charge is 0.481 e. The highest BCUT2D eigenvalue weighted by atomic mass is 79.9. The first kappa shape index (κ1) is 12.8. The van der Waals surface area contributed by atoms with Crippen molar-refractivity contribution in [2.75, 3.05) is 5.73 Å². The molecule has 1 aromatic rings. The molecular formula is C9H9BrF2N2O2. The summed E-state index contributed by atoms with van der Waals surface area (Å²) in [4.78, 5) is 14.1. The van der Waals surface area contributed by atoms with Crippen molar-refractivity contribution >= 4 is 27.6 Å². The zero-order valence-electron chi connectivity index (χ0n) is 8.08. The molecule has 0 radical (unpaired) electrons. The molecule has 0 bridgehead atoms. The molecule has 0 unspecified atom stereocenters. The van der Waals surface area contributed by atoms with Crippen LogP contribution in [0.15, 0.2) is 6.20 Å². The molecule has 1 heterocycles. The van der Waals surface area contributed by atoms with Gasteiger partial charge in [0.2, 0.25) is 0 Å². The molecule has 0 spiro atoms. The summed E-state index contributed by atoms with van der Waals surface area (Å²) in [6.45, 7) is 0. The summed E-state index contributed by atoms with van der Waals surface area (Å²) in [5, 5.41) is 8.98. The lowest BCUT2D eigenvalue weighted by Gasteiger charge is -2.11. The van der Waals surface area contributed by atoms with E-state index >= 15 is 0 Å². The van der Waals surface area contributed by atoms with Crippen molar-refractivity contribution in [3.05, 3.63) is 23.0 Å². The Morgan fingerprint density at radius 2 is 2.25 bits per heavy atom. The molecule has 0 aliphatic heterocycles. The third kappa shape index (κ3) is 2.66. The molecule has 0 saturated heterocycles. The Morgan fingerprint density at radius 1 is 1.62 bits per heavy atom. The van der Waals surface area contributed by atoms with Crippen LogP contribution >= 0.6 is 15.9 Å². The van der Waals surface area contributed by atoms with Gasteiger partial charge in [-0.05, 0) is 11.1 Å². The van der Waals surface area contributed by atoms with Gasteiger partial charge in [0.1, 0.15) is 5.69 Å². The quantitative estimate of drug-likeness (QED) is 0.834. The molecule has 88 valence electrons. The van der Waals surface area contributed by atoms with E-state index in [1.807, 2.05) is 0 Å². The number of aliphatic carboxylic acids is 1. The second-order valence-corrected chi connectivity index (χ2v) is 3.63. The van der Waals surface area contributed by atoms with Crippen LogP contribution in [-0.2, 0) is 16.5 Å². The first-order valence-corrected chi connectivity index (χ1v) is 5.41. The number of carboxylic acid groups (broad SMARTS) is 1. The fourth-order valence-corrected chi connectivity index (χ4v) is 1.75. The van der Waals surface area contributed by atoms with Crippen molar-refractivity contribution < 1.29 is 18.7 Å². The average Bonchev–Trinajstić information content (AvgIpc) is 2.19. The lowest BCUT2D eigenvalue weighted by atomic mass is 10.0. The standard InChI is InChI=1S/C9H9BrF2N2O2/c10-2-4-3-14-8(9(11)12)7(13)5(4)1-6(15)16/h3,9H,1-2,13H2,(H,15,16). The van der Waals surface area contributed by atoms with Gasteiger partial charge in [-0.15, -0.1) is 0 Å². The Labute approximate surface area is 98.6 Å². The van der Waals surface area contributed by atoms with Crippen molar-refractivity contribution in [1.29, 1.82) is 0 Å². The van der Waals surface area contributed by atoms with Gasteiger partial charge in [0.15, 0.2) is 0 Å². The number of hydrogen-bond acceptors (Lipinski definition) is 3. The van der Waals surface area contributed by atoms with E-state index in [9.17, 15) is 13.6 Å². The molecule has 1 rings (SSSR count). The molecule has 0 aromatic carbocycles. The van der Waals surface area contributed by atoms with Gasteiger partial charge >= 0.3 is 5.97 Å². The summed E-state index contributed by atoms with van der Waals surface area (Å²) >= 11 is 3.12. The SMILES string of the molecule is Nc1c(C(F)F)ncc(CBr)c1CC(=O)O. The van der Waals surface area contributed by atoms with Crippen LogP contribution < -0.4 is 5.73 Å². The van der Waals surface area contributed by atoms with Gasteiger partial charge in [-0.25, -0.2) is 8.78 Å². The fourth-order valence-electron chi connectivity index (χ4n) is 1.27. The van der Waals surface area contributed by atoms with Crippen molar-refractivity contribution in [3.8, 4) is 0 Å². The molecule has 16 heavy (non-hydrogen) atoms. The van der Waals surface area contributed by atoms with Gasteiger partial charge in [-0.3, -0.25) is 9.78 Å². The zero-order valence-corrected chi connectivity index (χ0v) is 9.67. The number of carbonyl (C=O) groups is 1. The highest BCUT2D eigenvalue weighted by Gasteiger charge is 2.19. The number of carboxylic acids is 1. The Kier molecular flexibility index (Phi) is 4.17. The number of alkyl halides is 3. The van der Waals surface area contributed by atoms with Crippen LogP contribution in [0.3, 0.4) is 0 Å². The normalized spacial score (nSPS) is 10.8. The summed E-state index contributed by atoms with van der Waals surface area (Å²) in [5.74, 6) is -1.12. The topological polar surface area (TPSA) is 76.2 Å². The van der Waals surface area contributed by atoms with E-state index in [2.05, 4.69) is 20.9 Å². The smallest absolute Gasteiger partial charge is 0.307 e. The predicted molar refractivity (Wildman–Crippen MR) is 57.6 cm³/mol. The first-order chi connectivity index (χ1) is 7.47. The lowest BCUT2D eigenvalue weighted by Crippen LogP contribution is -2.10. The number of halogens is 3. The van der Waals surface area contributed by atoms with Gasteiger partial charge in [0, 0.05) is 11.5 Å². The van der Waals surface area contributed by atoms with Gasteiger partial charge in [-0.1, -0.05) is 15.9 Å². The molecule has 0 aliphatic carbocycles. The van der Waals surface area contributed by atoms with E-state index in [1.54, 1.807) is 0 Å². The van der Waals surface area contributed by atoms with E-state index in [1.165, 1.54) is 6.20 Å². The fraction of sp³-hybridized carbons (Fsp3) is 0.333. The Morgan fingerprint density at radius 3 is 2.69 bits per heavy atom. The van der Waals surface area contributed by atoms with E-state index in [0.29, 0.717) is 10.9 Å². The van der Waals surface area contributed by atoms with Crippen LogP contribution in [0.5, 0.6) is 0 Å². The minimum atomic E-state index is -2.81. The van der Waals surface area contributed by atoms with Crippen LogP contribution in [0.1, 0.15) is 23.2 Å². The summed E-state index contributed by atoms with van der Waals surface area (Å²) < 4.78 is 25.0. The summed E-state index contributed by atoms with van der Waals surface area (Å²) in [6, 6.07) is 0. The van der Waals surface area contributed by atoms with Gasteiger partial charge in [-0.2, -0.15) is 0 Å². The summed E-state index contributed by atoms with van der Waals surface area (Å²) in [6.07, 6.45) is -1.99. The van der Waals surface area contributed by atoms with Crippen molar-refractivity contribution in [2.45, 2.75) is 18.2 Å². The van der Waals surface area contributed by atoms with Gasteiger partial charge in [0.25, 0.3) is 6.43 Å². The molecule has 0 aliphatic rings. The number of hydrogen-bond donors (Lipinski definition) is 2. The number of nitrogen functional groups attached to an aromatic ring is 1. The number of nitrogens with zero attached hydrogens (tertiary/aromatic N) is 1.